The molecule has 0 unspecified atom stereocenters. The third kappa shape index (κ3) is 4.50. The van der Waals surface area contributed by atoms with Gasteiger partial charge in [0.25, 0.3) is 5.91 Å². The predicted molar refractivity (Wildman–Crippen MR) is 95.4 cm³/mol. The minimum atomic E-state index is -0.649. The molecule has 1 atom stereocenters. The number of anilines is 1. The van der Waals surface area contributed by atoms with E-state index in [0.29, 0.717) is 22.9 Å². The molecule has 0 saturated heterocycles. The average molecular weight is 343 g/mol. The molecule has 0 aliphatic heterocycles. The quantitative estimate of drug-likeness (QED) is 0.874. The summed E-state index contributed by atoms with van der Waals surface area (Å²) in [6, 6.07) is 12.9. The van der Waals surface area contributed by atoms with Crippen LogP contribution in [0, 0.1) is 25.2 Å². The number of hydrogen-bond donors (Lipinski definition) is 1. The minimum Gasteiger partial charge on any atom is -0.481 e. The van der Waals surface area contributed by atoms with Crippen molar-refractivity contribution in [2.75, 3.05) is 5.32 Å². The van der Waals surface area contributed by atoms with Gasteiger partial charge in [0.05, 0.1) is 12.5 Å². The van der Waals surface area contributed by atoms with Crippen LogP contribution in [0.25, 0.3) is 0 Å². The lowest BCUT2D eigenvalue weighted by Crippen LogP contribution is -2.30. The number of nitriles is 1. The molecule has 4 nitrogen and oxygen atoms in total. The fourth-order valence-corrected chi connectivity index (χ4v) is 2.38. The van der Waals surface area contributed by atoms with Crippen LogP contribution in [0.3, 0.4) is 0 Å². The molecular weight excluding hydrogens is 324 g/mol. The van der Waals surface area contributed by atoms with Crippen molar-refractivity contribution in [2.45, 2.75) is 33.3 Å². The monoisotopic (exact) mass is 342 g/mol. The number of carbonyl (C=O) groups excluding carboxylic acids is 1. The maximum atomic E-state index is 12.2. The number of hydrogen-bond acceptors (Lipinski definition) is 3. The van der Waals surface area contributed by atoms with Crippen molar-refractivity contribution in [3.05, 3.63) is 58.1 Å². The van der Waals surface area contributed by atoms with E-state index in [-0.39, 0.29) is 5.91 Å². The first-order valence-corrected chi connectivity index (χ1v) is 7.98. The van der Waals surface area contributed by atoms with Crippen molar-refractivity contribution in [3.8, 4) is 11.8 Å². The zero-order chi connectivity index (χ0) is 17.7. The van der Waals surface area contributed by atoms with Gasteiger partial charge in [-0.15, -0.1) is 0 Å². The Balaban J connectivity index is 2.00. The predicted octanol–water partition coefficient (Wildman–Crippen LogP) is 4.43. The van der Waals surface area contributed by atoms with E-state index in [9.17, 15) is 4.79 Å². The van der Waals surface area contributed by atoms with Crippen LogP contribution in [0.1, 0.15) is 23.6 Å². The number of nitrogens with one attached hydrogen (secondary N) is 1. The lowest BCUT2D eigenvalue weighted by molar-refractivity contribution is -0.122. The Kier molecular flexibility index (Phi) is 5.83. The molecule has 1 amide bonds. The van der Waals surface area contributed by atoms with Crippen LogP contribution in [0.4, 0.5) is 5.69 Å². The van der Waals surface area contributed by atoms with Crippen molar-refractivity contribution < 1.29 is 9.53 Å². The van der Waals surface area contributed by atoms with Crippen LogP contribution in [-0.4, -0.2) is 12.0 Å². The highest BCUT2D eigenvalue weighted by Gasteiger charge is 2.16. The molecule has 2 aromatic rings. The van der Waals surface area contributed by atoms with Crippen molar-refractivity contribution in [2.24, 2.45) is 0 Å². The summed E-state index contributed by atoms with van der Waals surface area (Å²) < 4.78 is 5.71. The third-order valence-electron chi connectivity index (χ3n) is 3.60. The third-order valence-corrected chi connectivity index (χ3v) is 4.19. The maximum absolute atomic E-state index is 12.2. The fraction of sp³-hybridized carbons (Fsp3) is 0.263. The highest BCUT2D eigenvalue weighted by atomic mass is 35.5. The molecule has 0 aliphatic carbocycles. The van der Waals surface area contributed by atoms with Gasteiger partial charge in [-0.05, 0) is 61.7 Å². The molecule has 24 heavy (non-hydrogen) atoms. The van der Waals surface area contributed by atoms with Crippen LogP contribution in [0.15, 0.2) is 36.4 Å². The molecule has 2 aromatic carbocycles. The Bertz CT molecular complexity index is 756. The van der Waals surface area contributed by atoms with E-state index in [1.807, 2.05) is 38.1 Å². The van der Waals surface area contributed by atoms with E-state index >= 15 is 0 Å². The zero-order valence-electron chi connectivity index (χ0n) is 13.9. The normalized spacial score (nSPS) is 11.5. The zero-order valence-corrected chi connectivity index (χ0v) is 14.6. The summed E-state index contributed by atoms with van der Waals surface area (Å²) in [7, 11) is 0. The number of ether oxygens (including phenoxy) is 1. The summed E-state index contributed by atoms with van der Waals surface area (Å²) in [5.41, 5.74) is 3.40. The van der Waals surface area contributed by atoms with Gasteiger partial charge in [0.15, 0.2) is 6.10 Å². The van der Waals surface area contributed by atoms with E-state index in [1.165, 1.54) is 0 Å². The Hall–Kier alpha value is -2.51. The number of aryl methyl sites for hydroxylation is 2. The Morgan fingerprint density at radius 1 is 1.25 bits per heavy atom. The van der Waals surface area contributed by atoms with Gasteiger partial charge in [0.1, 0.15) is 5.75 Å². The van der Waals surface area contributed by atoms with E-state index < -0.39 is 6.10 Å². The highest BCUT2D eigenvalue weighted by molar-refractivity contribution is 6.32. The van der Waals surface area contributed by atoms with E-state index in [1.54, 1.807) is 19.1 Å². The number of benzene rings is 2. The second-order valence-corrected chi connectivity index (χ2v) is 6.03. The van der Waals surface area contributed by atoms with Crippen molar-refractivity contribution >= 4 is 23.2 Å². The van der Waals surface area contributed by atoms with Gasteiger partial charge in [0, 0.05) is 10.7 Å². The lowest BCUT2D eigenvalue weighted by Gasteiger charge is -2.16. The van der Waals surface area contributed by atoms with Gasteiger partial charge in [-0.25, -0.2) is 0 Å². The molecule has 5 heteroatoms. The van der Waals surface area contributed by atoms with E-state index in [0.717, 1.165) is 16.7 Å². The maximum Gasteiger partial charge on any atom is 0.265 e. The Labute approximate surface area is 147 Å². The molecule has 0 heterocycles. The molecule has 0 bridgehead atoms. The topological polar surface area (TPSA) is 62.1 Å². The smallest absolute Gasteiger partial charge is 0.265 e. The molecule has 2 rings (SSSR count). The first kappa shape index (κ1) is 17.8. The molecule has 0 spiro atoms. The lowest BCUT2D eigenvalue weighted by atomic mass is 10.1. The van der Waals surface area contributed by atoms with Crippen LogP contribution >= 0.6 is 11.6 Å². The molecule has 0 fully saturated rings. The first-order chi connectivity index (χ1) is 11.4. The average Bonchev–Trinajstić information content (AvgIpc) is 2.54. The summed E-state index contributed by atoms with van der Waals surface area (Å²) in [6.45, 7) is 5.49. The Morgan fingerprint density at radius 3 is 2.38 bits per heavy atom. The summed E-state index contributed by atoms with van der Waals surface area (Å²) in [4.78, 5) is 12.2. The second-order valence-electron chi connectivity index (χ2n) is 5.65. The summed E-state index contributed by atoms with van der Waals surface area (Å²) in [5.74, 6) is 0.370. The van der Waals surface area contributed by atoms with Gasteiger partial charge >= 0.3 is 0 Å². The Morgan fingerprint density at radius 2 is 1.83 bits per heavy atom. The van der Waals surface area contributed by atoms with Gasteiger partial charge in [-0.1, -0.05) is 23.7 Å². The molecule has 0 saturated carbocycles. The van der Waals surface area contributed by atoms with Crippen molar-refractivity contribution in [1.29, 1.82) is 5.26 Å². The molecule has 1 N–H and O–H groups in total. The molecule has 0 aromatic heterocycles. The van der Waals surface area contributed by atoms with Gasteiger partial charge in [-0.2, -0.15) is 5.26 Å². The van der Waals surface area contributed by atoms with Crippen molar-refractivity contribution in [1.82, 2.24) is 0 Å². The van der Waals surface area contributed by atoms with Gasteiger partial charge in [0.2, 0.25) is 0 Å². The number of amides is 1. The van der Waals surface area contributed by atoms with E-state index in [4.69, 9.17) is 21.6 Å². The number of halogens is 1. The highest BCUT2D eigenvalue weighted by Crippen LogP contribution is 2.26. The van der Waals surface area contributed by atoms with Crippen LogP contribution in [0.2, 0.25) is 5.02 Å². The summed E-state index contributed by atoms with van der Waals surface area (Å²) in [5, 5.41) is 12.2. The van der Waals surface area contributed by atoms with Crippen LogP contribution < -0.4 is 10.1 Å². The fourth-order valence-electron chi connectivity index (χ4n) is 2.27. The van der Waals surface area contributed by atoms with Gasteiger partial charge < -0.3 is 10.1 Å². The van der Waals surface area contributed by atoms with Gasteiger partial charge in [-0.3, -0.25) is 4.79 Å². The minimum absolute atomic E-state index is 0.242. The van der Waals surface area contributed by atoms with Crippen LogP contribution in [0.5, 0.6) is 5.75 Å². The van der Waals surface area contributed by atoms with Crippen molar-refractivity contribution in [3.63, 3.8) is 0 Å². The molecule has 0 radical (unpaired) electrons. The molecular formula is C19H19ClN2O2. The number of carbonyl (C=O) groups is 1. The van der Waals surface area contributed by atoms with E-state index in [2.05, 4.69) is 11.4 Å². The van der Waals surface area contributed by atoms with Crippen LogP contribution in [-0.2, 0) is 11.2 Å². The standard InChI is InChI=1S/C19H19ClN2O2/c1-12-10-17(11-13(2)18(12)20)24-14(3)19(23)22-16-6-4-15(5-7-16)8-9-21/h4-7,10-11,14H,8H2,1-3H3,(H,22,23)/t14-/m0/s1. The second kappa shape index (κ2) is 7.85. The number of nitrogens with zero attached hydrogens (tertiary/aromatic N) is 1. The summed E-state index contributed by atoms with van der Waals surface area (Å²) in [6.07, 6.45) is -0.299. The first-order valence-electron chi connectivity index (χ1n) is 7.61. The summed E-state index contributed by atoms with van der Waals surface area (Å²) >= 11 is 6.14. The SMILES string of the molecule is Cc1cc(O[C@@H](C)C(=O)Nc2ccc(CC#N)cc2)cc(C)c1Cl. The molecule has 124 valence electrons. The number of rotatable bonds is 5. The molecule has 0 aliphatic rings. The largest absolute Gasteiger partial charge is 0.481 e.